The third-order valence-electron chi connectivity index (χ3n) is 3.67. The first kappa shape index (κ1) is 15.6. The number of benzene rings is 2. The highest BCUT2D eigenvalue weighted by Gasteiger charge is 2.08. The van der Waals surface area contributed by atoms with E-state index in [4.69, 9.17) is 0 Å². The Balaban J connectivity index is 1.53. The van der Waals surface area contributed by atoms with Gasteiger partial charge in [-0.1, -0.05) is 36.4 Å². The van der Waals surface area contributed by atoms with Crippen molar-refractivity contribution in [3.05, 3.63) is 64.7 Å². The average molecular weight is 326 g/mol. The van der Waals surface area contributed by atoms with Gasteiger partial charge < -0.3 is 10.4 Å². The second-order valence-electron chi connectivity index (χ2n) is 5.28. The minimum absolute atomic E-state index is 0.00278. The van der Waals surface area contributed by atoms with Crippen LogP contribution in [-0.4, -0.2) is 16.0 Å². The second-order valence-corrected chi connectivity index (χ2v) is 6.39. The van der Waals surface area contributed by atoms with Crippen LogP contribution in [0, 0.1) is 0 Å². The molecule has 23 heavy (non-hydrogen) atoms. The molecular weight excluding hydrogens is 308 g/mol. The maximum absolute atomic E-state index is 12.0. The molecule has 0 aliphatic carbocycles. The van der Waals surface area contributed by atoms with Crippen molar-refractivity contribution in [2.24, 2.45) is 0 Å². The number of fused-ring (bicyclic) bond motifs is 1. The summed E-state index contributed by atoms with van der Waals surface area (Å²) in [5.74, 6) is -0.00278. The Morgan fingerprint density at radius 1 is 1.09 bits per heavy atom. The lowest BCUT2D eigenvalue weighted by Gasteiger charge is -2.08. The molecule has 118 valence electrons. The molecule has 1 aromatic heterocycles. The fourth-order valence-electron chi connectivity index (χ4n) is 2.41. The van der Waals surface area contributed by atoms with Crippen molar-refractivity contribution in [2.75, 3.05) is 0 Å². The largest absolute Gasteiger partial charge is 0.392 e. The van der Waals surface area contributed by atoms with Gasteiger partial charge in [-0.05, 0) is 23.3 Å². The van der Waals surface area contributed by atoms with Gasteiger partial charge in [-0.25, -0.2) is 4.98 Å². The molecule has 0 spiro atoms. The minimum atomic E-state index is -0.0161. The maximum atomic E-state index is 12.0. The summed E-state index contributed by atoms with van der Waals surface area (Å²) in [5, 5.41) is 13.2. The van der Waals surface area contributed by atoms with E-state index in [0.29, 0.717) is 19.4 Å². The van der Waals surface area contributed by atoms with E-state index in [1.54, 1.807) is 11.3 Å². The number of carbonyl (C=O) groups excluding carboxylic acids is 1. The van der Waals surface area contributed by atoms with Crippen LogP contribution >= 0.6 is 11.3 Å². The number of aliphatic hydroxyl groups excluding tert-OH is 1. The molecule has 0 saturated heterocycles. The Labute approximate surface area is 138 Å². The standard InChI is InChI=1S/C18H18N2O2S/c21-12-14-6-2-1-5-13(14)11-19-17(22)9-10-18-20-15-7-3-4-8-16(15)23-18/h1-8,21H,9-12H2,(H,19,22). The summed E-state index contributed by atoms with van der Waals surface area (Å²) in [6, 6.07) is 15.6. The number of aromatic nitrogens is 1. The lowest BCUT2D eigenvalue weighted by Crippen LogP contribution is -2.23. The first-order valence-electron chi connectivity index (χ1n) is 7.55. The number of hydrogen-bond acceptors (Lipinski definition) is 4. The van der Waals surface area contributed by atoms with Crippen LogP contribution in [-0.2, 0) is 24.4 Å². The fourth-order valence-corrected chi connectivity index (χ4v) is 3.38. The zero-order chi connectivity index (χ0) is 16.1. The van der Waals surface area contributed by atoms with Gasteiger partial charge in [0.2, 0.25) is 5.91 Å². The van der Waals surface area contributed by atoms with E-state index in [1.807, 2.05) is 48.5 Å². The van der Waals surface area contributed by atoms with E-state index in [0.717, 1.165) is 26.4 Å². The van der Waals surface area contributed by atoms with Crippen molar-refractivity contribution < 1.29 is 9.90 Å². The molecule has 0 bridgehead atoms. The predicted octanol–water partition coefficient (Wildman–Crippen LogP) is 3.04. The zero-order valence-corrected chi connectivity index (χ0v) is 13.5. The number of carbonyl (C=O) groups is 1. The molecule has 3 rings (SSSR count). The van der Waals surface area contributed by atoms with Gasteiger partial charge in [0, 0.05) is 19.4 Å². The Morgan fingerprint density at radius 2 is 1.83 bits per heavy atom. The third kappa shape index (κ3) is 3.94. The van der Waals surface area contributed by atoms with Crippen molar-refractivity contribution in [1.29, 1.82) is 0 Å². The Bertz CT molecular complexity index is 780. The van der Waals surface area contributed by atoms with Crippen LogP contribution < -0.4 is 5.32 Å². The lowest BCUT2D eigenvalue weighted by atomic mass is 10.1. The summed E-state index contributed by atoms with van der Waals surface area (Å²) in [4.78, 5) is 16.5. The molecule has 2 N–H and O–H groups in total. The molecule has 4 nitrogen and oxygen atoms in total. The van der Waals surface area contributed by atoms with Gasteiger partial charge in [-0.2, -0.15) is 0 Å². The Morgan fingerprint density at radius 3 is 2.61 bits per heavy atom. The van der Waals surface area contributed by atoms with Gasteiger partial charge in [0.05, 0.1) is 21.8 Å². The smallest absolute Gasteiger partial charge is 0.220 e. The van der Waals surface area contributed by atoms with E-state index in [2.05, 4.69) is 10.3 Å². The fraction of sp³-hybridized carbons (Fsp3) is 0.222. The highest BCUT2D eigenvalue weighted by molar-refractivity contribution is 7.18. The molecule has 2 aromatic carbocycles. The minimum Gasteiger partial charge on any atom is -0.392 e. The average Bonchev–Trinajstić information content (AvgIpc) is 3.01. The molecule has 3 aromatic rings. The molecule has 0 saturated carbocycles. The summed E-state index contributed by atoms with van der Waals surface area (Å²) in [6.07, 6.45) is 1.06. The molecule has 1 amide bonds. The van der Waals surface area contributed by atoms with Crippen molar-refractivity contribution in [3.63, 3.8) is 0 Å². The molecule has 0 aliphatic heterocycles. The number of thiazole rings is 1. The van der Waals surface area contributed by atoms with E-state index in [1.165, 1.54) is 0 Å². The van der Waals surface area contributed by atoms with Crippen LogP contribution in [0.3, 0.4) is 0 Å². The summed E-state index contributed by atoms with van der Waals surface area (Å²) in [7, 11) is 0. The van der Waals surface area contributed by atoms with E-state index in [-0.39, 0.29) is 12.5 Å². The molecule has 0 fully saturated rings. The first-order valence-corrected chi connectivity index (χ1v) is 8.36. The summed E-state index contributed by atoms with van der Waals surface area (Å²) >= 11 is 1.64. The van der Waals surface area contributed by atoms with Gasteiger partial charge in [0.15, 0.2) is 0 Å². The zero-order valence-electron chi connectivity index (χ0n) is 12.7. The molecule has 0 atom stereocenters. The number of hydrogen-bond donors (Lipinski definition) is 2. The van der Waals surface area contributed by atoms with Crippen molar-refractivity contribution >= 4 is 27.5 Å². The van der Waals surface area contributed by atoms with Crippen LogP contribution in [0.4, 0.5) is 0 Å². The van der Waals surface area contributed by atoms with E-state index in [9.17, 15) is 9.90 Å². The van der Waals surface area contributed by atoms with Gasteiger partial charge in [-0.15, -0.1) is 11.3 Å². The van der Waals surface area contributed by atoms with E-state index < -0.39 is 0 Å². The third-order valence-corrected chi connectivity index (χ3v) is 4.77. The van der Waals surface area contributed by atoms with Crippen LogP contribution in [0.25, 0.3) is 10.2 Å². The summed E-state index contributed by atoms with van der Waals surface area (Å²) < 4.78 is 1.15. The van der Waals surface area contributed by atoms with Crippen LogP contribution in [0.1, 0.15) is 22.6 Å². The van der Waals surface area contributed by atoms with Crippen molar-refractivity contribution in [2.45, 2.75) is 26.0 Å². The Kier molecular flexibility index (Phi) is 5.00. The number of nitrogens with zero attached hydrogens (tertiary/aromatic N) is 1. The second kappa shape index (κ2) is 7.35. The van der Waals surface area contributed by atoms with Crippen LogP contribution in [0.15, 0.2) is 48.5 Å². The van der Waals surface area contributed by atoms with Crippen molar-refractivity contribution in [1.82, 2.24) is 10.3 Å². The molecule has 0 aliphatic rings. The maximum Gasteiger partial charge on any atom is 0.220 e. The topological polar surface area (TPSA) is 62.2 Å². The highest BCUT2D eigenvalue weighted by atomic mass is 32.1. The number of rotatable bonds is 6. The number of nitrogens with one attached hydrogen (secondary N) is 1. The predicted molar refractivity (Wildman–Crippen MR) is 92.2 cm³/mol. The lowest BCUT2D eigenvalue weighted by molar-refractivity contribution is -0.121. The van der Waals surface area contributed by atoms with Crippen LogP contribution in [0.5, 0.6) is 0 Å². The van der Waals surface area contributed by atoms with E-state index >= 15 is 0 Å². The number of para-hydroxylation sites is 1. The monoisotopic (exact) mass is 326 g/mol. The molecular formula is C18H18N2O2S. The number of amides is 1. The quantitative estimate of drug-likeness (QED) is 0.732. The normalized spacial score (nSPS) is 10.8. The number of aliphatic hydroxyl groups is 1. The van der Waals surface area contributed by atoms with Gasteiger partial charge in [0.1, 0.15) is 0 Å². The highest BCUT2D eigenvalue weighted by Crippen LogP contribution is 2.22. The Hall–Kier alpha value is -2.24. The first-order chi connectivity index (χ1) is 11.3. The van der Waals surface area contributed by atoms with Gasteiger partial charge in [0.25, 0.3) is 0 Å². The molecule has 1 heterocycles. The van der Waals surface area contributed by atoms with Crippen LogP contribution in [0.2, 0.25) is 0 Å². The molecule has 5 heteroatoms. The number of aryl methyl sites for hydroxylation is 1. The summed E-state index contributed by atoms with van der Waals surface area (Å²) in [5.41, 5.74) is 2.78. The van der Waals surface area contributed by atoms with Crippen molar-refractivity contribution in [3.8, 4) is 0 Å². The van der Waals surface area contributed by atoms with Gasteiger partial charge in [-0.3, -0.25) is 4.79 Å². The molecule has 0 radical (unpaired) electrons. The molecule has 0 unspecified atom stereocenters. The SMILES string of the molecule is O=C(CCc1nc2ccccc2s1)NCc1ccccc1CO. The summed E-state index contributed by atoms with van der Waals surface area (Å²) in [6.45, 7) is 0.424. The van der Waals surface area contributed by atoms with Gasteiger partial charge >= 0.3 is 0 Å².